The van der Waals surface area contributed by atoms with Crippen LogP contribution in [0.15, 0.2) is 54.6 Å². The third kappa shape index (κ3) is 6.87. The highest BCUT2D eigenvalue weighted by atomic mass is 16.5. The lowest BCUT2D eigenvalue weighted by molar-refractivity contribution is -0.131. The smallest absolute Gasteiger partial charge is 0.254 e. The van der Waals surface area contributed by atoms with Crippen LogP contribution in [0.1, 0.15) is 29.6 Å². The van der Waals surface area contributed by atoms with E-state index >= 15 is 0 Å². The zero-order chi connectivity index (χ0) is 28.8. The van der Waals surface area contributed by atoms with Crippen molar-refractivity contribution in [3.8, 4) is 28.5 Å². The maximum atomic E-state index is 13.4. The number of nitrogens with zero attached hydrogens (tertiary/aromatic N) is 5. The fourth-order valence-corrected chi connectivity index (χ4v) is 5.05. The molecule has 1 saturated heterocycles. The molecule has 0 spiro atoms. The normalized spacial score (nSPS) is 15.2. The van der Waals surface area contributed by atoms with Crippen molar-refractivity contribution in [2.75, 3.05) is 65.5 Å². The van der Waals surface area contributed by atoms with Gasteiger partial charge in [0.15, 0.2) is 5.82 Å². The fraction of sp³-hybridized carbons (Fsp3) is 0.419. The first-order valence-electron chi connectivity index (χ1n) is 14.0. The Labute approximate surface area is 240 Å². The lowest BCUT2D eigenvalue weighted by Gasteiger charge is -2.27. The van der Waals surface area contributed by atoms with Crippen LogP contribution >= 0.6 is 0 Å². The van der Waals surface area contributed by atoms with Crippen molar-refractivity contribution in [3.05, 3.63) is 60.2 Å². The number of hydrogen-bond donors (Lipinski definition) is 0. The van der Waals surface area contributed by atoms with Gasteiger partial charge in [-0.25, -0.2) is 0 Å². The third-order valence-corrected chi connectivity index (χ3v) is 7.63. The lowest BCUT2D eigenvalue weighted by atomic mass is 10.1. The zero-order valence-electron chi connectivity index (χ0n) is 23.9. The van der Waals surface area contributed by atoms with Crippen molar-refractivity contribution in [2.24, 2.45) is 5.92 Å². The molecular formula is C31H37N5O5. The predicted molar refractivity (Wildman–Crippen MR) is 156 cm³/mol. The quantitative estimate of drug-likeness (QED) is 0.371. The van der Waals surface area contributed by atoms with E-state index in [9.17, 15) is 9.59 Å². The topological polar surface area (TPSA) is 97.3 Å². The molecule has 2 aromatic carbocycles. The van der Waals surface area contributed by atoms with E-state index in [1.54, 1.807) is 50.5 Å². The van der Waals surface area contributed by atoms with Gasteiger partial charge in [-0.1, -0.05) is 0 Å². The van der Waals surface area contributed by atoms with Gasteiger partial charge in [0.25, 0.3) is 5.91 Å². The molecule has 2 fully saturated rings. The molecule has 0 N–H and O–H groups in total. The molecule has 1 aliphatic heterocycles. The Morgan fingerprint density at radius 3 is 2.27 bits per heavy atom. The summed E-state index contributed by atoms with van der Waals surface area (Å²) in [5.41, 5.74) is 2.10. The highest BCUT2D eigenvalue weighted by Gasteiger charge is 2.30. The van der Waals surface area contributed by atoms with Gasteiger partial charge in [0.05, 0.1) is 27.0 Å². The average molecular weight is 560 g/mol. The van der Waals surface area contributed by atoms with Crippen LogP contribution in [0.4, 0.5) is 5.82 Å². The maximum Gasteiger partial charge on any atom is 0.254 e. The minimum atomic E-state index is -0.117. The molecule has 1 aliphatic carbocycles. The van der Waals surface area contributed by atoms with Crippen LogP contribution in [0.2, 0.25) is 0 Å². The Balaban J connectivity index is 1.21. The first-order valence-corrected chi connectivity index (χ1v) is 14.0. The molecule has 10 nitrogen and oxygen atoms in total. The molecule has 1 saturated carbocycles. The summed E-state index contributed by atoms with van der Waals surface area (Å²) in [4.78, 5) is 32.4. The molecule has 10 heteroatoms. The van der Waals surface area contributed by atoms with Crippen LogP contribution in [0.25, 0.3) is 11.3 Å². The van der Waals surface area contributed by atoms with Gasteiger partial charge in [-0.05, 0) is 73.7 Å². The lowest BCUT2D eigenvalue weighted by Crippen LogP contribution is -2.45. The number of aromatic nitrogens is 2. The molecular weight excluding hydrogens is 522 g/mol. The largest absolute Gasteiger partial charge is 0.497 e. The number of anilines is 1. The molecule has 0 radical (unpaired) electrons. The van der Waals surface area contributed by atoms with Gasteiger partial charge >= 0.3 is 0 Å². The number of benzene rings is 2. The summed E-state index contributed by atoms with van der Waals surface area (Å²) in [6.45, 7) is 3.29. The molecule has 0 bridgehead atoms. The highest BCUT2D eigenvalue weighted by Crippen LogP contribution is 2.33. The molecule has 2 amide bonds. The van der Waals surface area contributed by atoms with Crippen LogP contribution in [0, 0.1) is 5.92 Å². The Morgan fingerprint density at radius 1 is 0.854 bits per heavy atom. The molecule has 0 atom stereocenters. The SMILES string of the molecule is COc1ccc(C(=O)N(CC(=O)N2CCCN(c3ccc(-c4ccc(OC)cc4OC)nn3)CC2)CC2CC2)cc1. The van der Waals surface area contributed by atoms with Gasteiger partial charge in [-0.15, -0.1) is 10.2 Å². The number of hydrogen-bond acceptors (Lipinski definition) is 8. The van der Waals surface area contributed by atoms with E-state index in [2.05, 4.69) is 15.1 Å². The van der Waals surface area contributed by atoms with Crippen LogP contribution < -0.4 is 19.1 Å². The highest BCUT2D eigenvalue weighted by molar-refractivity contribution is 5.96. The number of amides is 2. The zero-order valence-corrected chi connectivity index (χ0v) is 23.9. The molecule has 0 unspecified atom stereocenters. The minimum absolute atomic E-state index is 0.0256. The Hall–Kier alpha value is -4.34. The van der Waals surface area contributed by atoms with Gasteiger partial charge in [0.1, 0.15) is 23.8 Å². The summed E-state index contributed by atoms with van der Waals surface area (Å²) in [6, 6.07) is 16.5. The van der Waals surface area contributed by atoms with Crippen molar-refractivity contribution < 1.29 is 23.8 Å². The van der Waals surface area contributed by atoms with Crippen LogP contribution in [0.3, 0.4) is 0 Å². The Bertz CT molecular complexity index is 1340. The van der Waals surface area contributed by atoms with Gasteiger partial charge in [0, 0.05) is 49.9 Å². The first-order chi connectivity index (χ1) is 20.0. The number of rotatable bonds is 10. The van der Waals surface area contributed by atoms with Crippen molar-refractivity contribution >= 4 is 17.6 Å². The summed E-state index contributed by atoms with van der Waals surface area (Å²) in [6.07, 6.45) is 3.01. The van der Waals surface area contributed by atoms with Crippen molar-refractivity contribution in [2.45, 2.75) is 19.3 Å². The standard InChI is InChI=1S/C31H37N5O5/c1-39-24-9-7-23(8-10-24)31(38)36(20-22-5-6-22)21-30(37)35-16-4-15-34(17-18-35)29-14-13-27(32-33-29)26-12-11-25(40-2)19-28(26)41-3/h7-14,19,22H,4-6,15-18,20-21H2,1-3H3. The summed E-state index contributed by atoms with van der Waals surface area (Å²) in [5, 5.41) is 8.95. The Kier molecular flexibility index (Phi) is 8.86. The van der Waals surface area contributed by atoms with E-state index in [-0.39, 0.29) is 18.4 Å². The second-order valence-electron chi connectivity index (χ2n) is 10.4. The van der Waals surface area contributed by atoms with E-state index in [0.717, 1.165) is 37.2 Å². The molecule has 5 rings (SSSR count). The van der Waals surface area contributed by atoms with E-state index in [0.29, 0.717) is 60.6 Å². The first kappa shape index (κ1) is 28.2. The average Bonchev–Trinajstić information content (AvgIpc) is 3.87. The fourth-order valence-electron chi connectivity index (χ4n) is 5.05. The molecule has 2 aliphatic rings. The van der Waals surface area contributed by atoms with Gasteiger partial charge in [-0.2, -0.15) is 0 Å². The van der Waals surface area contributed by atoms with Crippen LogP contribution in [-0.4, -0.2) is 92.4 Å². The molecule has 2 heterocycles. The van der Waals surface area contributed by atoms with Crippen molar-refractivity contribution in [1.29, 1.82) is 0 Å². The van der Waals surface area contributed by atoms with Crippen molar-refractivity contribution in [1.82, 2.24) is 20.0 Å². The number of carbonyl (C=O) groups is 2. The van der Waals surface area contributed by atoms with Crippen molar-refractivity contribution in [3.63, 3.8) is 0 Å². The van der Waals surface area contributed by atoms with Gasteiger partial charge in [-0.3, -0.25) is 9.59 Å². The van der Waals surface area contributed by atoms with E-state index < -0.39 is 0 Å². The number of methoxy groups -OCH3 is 3. The van der Waals surface area contributed by atoms with E-state index in [4.69, 9.17) is 14.2 Å². The predicted octanol–water partition coefficient (Wildman–Crippen LogP) is 3.76. The minimum Gasteiger partial charge on any atom is -0.497 e. The maximum absolute atomic E-state index is 13.4. The summed E-state index contributed by atoms with van der Waals surface area (Å²) in [5.74, 6) is 3.16. The Morgan fingerprint density at radius 2 is 1.61 bits per heavy atom. The summed E-state index contributed by atoms with van der Waals surface area (Å²) in [7, 11) is 4.83. The molecule has 1 aromatic heterocycles. The van der Waals surface area contributed by atoms with E-state index in [1.807, 2.05) is 35.2 Å². The van der Waals surface area contributed by atoms with Crippen LogP contribution in [0.5, 0.6) is 17.2 Å². The summed E-state index contributed by atoms with van der Waals surface area (Å²) < 4.78 is 16.0. The van der Waals surface area contributed by atoms with Gasteiger partial charge in [0.2, 0.25) is 5.91 Å². The molecule has 41 heavy (non-hydrogen) atoms. The number of ether oxygens (including phenoxy) is 3. The molecule has 216 valence electrons. The second-order valence-corrected chi connectivity index (χ2v) is 10.4. The van der Waals surface area contributed by atoms with E-state index in [1.165, 1.54) is 0 Å². The monoisotopic (exact) mass is 559 g/mol. The van der Waals surface area contributed by atoms with Gasteiger partial charge < -0.3 is 28.9 Å². The van der Waals surface area contributed by atoms with Crippen LogP contribution in [-0.2, 0) is 4.79 Å². The molecule has 3 aromatic rings. The third-order valence-electron chi connectivity index (χ3n) is 7.63. The second kappa shape index (κ2) is 12.9. The summed E-state index contributed by atoms with van der Waals surface area (Å²) >= 11 is 0. The number of carbonyl (C=O) groups excluding carboxylic acids is 2.